The lowest BCUT2D eigenvalue weighted by Crippen LogP contribution is -2.38. The lowest BCUT2D eigenvalue weighted by atomic mass is 9.69. The van der Waals surface area contributed by atoms with Gasteiger partial charge in [-0.25, -0.2) is 0 Å². The molecular formula is C16H19F3S2. The lowest BCUT2D eigenvalue weighted by Gasteiger charge is -2.38. The fourth-order valence-electron chi connectivity index (χ4n) is 3.41. The Kier molecular flexibility index (Phi) is 3.64. The summed E-state index contributed by atoms with van der Waals surface area (Å²) in [6.45, 7) is 5.61. The van der Waals surface area contributed by atoms with Crippen LogP contribution in [0, 0.1) is 19.3 Å². The maximum absolute atomic E-state index is 13.1. The van der Waals surface area contributed by atoms with E-state index in [1.165, 1.54) is 32.3 Å². The third kappa shape index (κ3) is 2.42. The smallest absolute Gasteiger partial charge is 0.171 e. The zero-order valence-corrected chi connectivity index (χ0v) is 14.1. The summed E-state index contributed by atoms with van der Waals surface area (Å²) in [5, 5.41) is 2.16. The standard InChI is InChI=1S/C16H19F3S2/c1-9-8-20-14-12(10(2)21-13(9)14)11-4-6-15(3,7-5-11)16(17,18)19/h8,11H,4-7H2,1-3H3. The fraction of sp³-hybridized carbons (Fsp3) is 0.625. The molecule has 0 aliphatic heterocycles. The number of halogens is 3. The number of alkyl halides is 3. The second-order valence-corrected chi connectivity index (χ2v) is 8.59. The second-order valence-electron chi connectivity index (χ2n) is 6.48. The van der Waals surface area contributed by atoms with Gasteiger partial charge < -0.3 is 0 Å². The molecule has 1 aliphatic rings. The third-order valence-electron chi connectivity index (χ3n) is 4.98. The minimum atomic E-state index is -4.07. The number of thiophene rings is 2. The van der Waals surface area contributed by atoms with E-state index in [9.17, 15) is 13.2 Å². The van der Waals surface area contributed by atoms with Crippen LogP contribution in [0.25, 0.3) is 9.40 Å². The molecule has 0 aromatic carbocycles. The molecule has 0 atom stereocenters. The average Bonchev–Trinajstić information content (AvgIpc) is 2.89. The van der Waals surface area contributed by atoms with Crippen molar-refractivity contribution >= 4 is 32.1 Å². The van der Waals surface area contributed by atoms with E-state index in [-0.39, 0.29) is 12.8 Å². The molecule has 0 amide bonds. The summed E-state index contributed by atoms with van der Waals surface area (Å²) in [6, 6.07) is 0. The number of fused-ring (bicyclic) bond motifs is 1. The van der Waals surface area contributed by atoms with Crippen LogP contribution in [-0.4, -0.2) is 6.18 Å². The molecule has 0 saturated heterocycles. The first-order valence-electron chi connectivity index (χ1n) is 7.27. The highest BCUT2D eigenvalue weighted by Crippen LogP contribution is 2.54. The first-order valence-corrected chi connectivity index (χ1v) is 8.96. The normalized spacial score (nSPS) is 27.4. The molecule has 1 aliphatic carbocycles. The molecule has 0 unspecified atom stereocenters. The predicted molar refractivity (Wildman–Crippen MR) is 84.5 cm³/mol. The van der Waals surface area contributed by atoms with Gasteiger partial charge in [0.2, 0.25) is 0 Å². The maximum Gasteiger partial charge on any atom is 0.394 e. The summed E-state index contributed by atoms with van der Waals surface area (Å²) in [7, 11) is 0. The molecule has 2 aromatic rings. The van der Waals surface area contributed by atoms with Gasteiger partial charge in [0.05, 0.1) is 5.41 Å². The van der Waals surface area contributed by atoms with Crippen molar-refractivity contribution < 1.29 is 13.2 Å². The first kappa shape index (κ1) is 15.3. The quantitative estimate of drug-likeness (QED) is 0.538. The first-order chi connectivity index (χ1) is 9.73. The molecule has 5 heteroatoms. The Morgan fingerprint density at radius 1 is 1.14 bits per heavy atom. The maximum atomic E-state index is 13.1. The Labute approximate surface area is 131 Å². The summed E-state index contributed by atoms with van der Waals surface area (Å²) >= 11 is 3.55. The Bertz CT molecular complexity index is 655. The number of hydrogen-bond acceptors (Lipinski definition) is 2. The van der Waals surface area contributed by atoms with Gasteiger partial charge in [-0.2, -0.15) is 13.2 Å². The van der Waals surface area contributed by atoms with Crippen LogP contribution >= 0.6 is 22.7 Å². The summed E-state index contributed by atoms with van der Waals surface area (Å²) in [4.78, 5) is 1.29. The molecule has 2 aromatic heterocycles. The van der Waals surface area contributed by atoms with E-state index in [1.54, 1.807) is 22.7 Å². The van der Waals surface area contributed by atoms with Gasteiger partial charge in [0.15, 0.2) is 0 Å². The van der Waals surface area contributed by atoms with Gasteiger partial charge in [-0.15, -0.1) is 22.7 Å². The van der Waals surface area contributed by atoms with E-state index in [1.807, 2.05) is 0 Å². The molecule has 0 spiro atoms. The van der Waals surface area contributed by atoms with Crippen molar-refractivity contribution in [1.82, 2.24) is 0 Å². The van der Waals surface area contributed by atoms with Crippen LogP contribution in [0.5, 0.6) is 0 Å². The molecule has 1 fully saturated rings. The molecule has 0 N–H and O–H groups in total. The van der Waals surface area contributed by atoms with Crippen LogP contribution in [0.1, 0.15) is 54.5 Å². The number of hydrogen-bond donors (Lipinski definition) is 0. The Balaban J connectivity index is 1.88. The van der Waals surface area contributed by atoms with Crippen molar-refractivity contribution in [3.8, 4) is 0 Å². The molecule has 0 bridgehead atoms. The van der Waals surface area contributed by atoms with Crippen molar-refractivity contribution in [3.63, 3.8) is 0 Å². The Hall–Kier alpha value is -0.550. The molecule has 2 heterocycles. The van der Waals surface area contributed by atoms with E-state index in [0.717, 1.165) is 0 Å². The molecule has 21 heavy (non-hydrogen) atoms. The van der Waals surface area contributed by atoms with E-state index in [0.29, 0.717) is 18.8 Å². The topological polar surface area (TPSA) is 0 Å². The summed E-state index contributed by atoms with van der Waals surface area (Å²) < 4.78 is 42.1. The van der Waals surface area contributed by atoms with E-state index in [2.05, 4.69) is 19.2 Å². The van der Waals surface area contributed by atoms with Crippen LogP contribution in [0.4, 0.5) is 13.2 Å². The highest BCUT2D eigenvalue weighted by atomic mass is 32.1. The zero-order chi connectivity index (χ0) is 15.4. The number of aryl methyl sites for hydroxylation is 2. The fourth-order valence-corrected chi connectivity index (χ4v) is 6.06. The summed E-state index contributed by atoms with van der Waals surface area (Å²) in [5.74, 6) is 0.298. The Morgan fingerprint density at radius 3 is 2.33 bits per heavy atom. The SMILES string of the molecule is Cc1sc2c(C)csc2c1C1CCC(C)(C(F)(F)F)CC1. The Morgan fingerprint density at radius 2 is 1.76 bits per heavy atom. The van der Waals surface area contributed by atoms with Gasteiger partial charge in [-0.1, -0.05) is 6.92 Å². The highest BCUT2D eigenvalue weighted by molar-refractivity contribution is 7.27. The molecule has 1 saturated carbocycles. The van der Waals surface area contributed by atoms with Gasteiger partial charge >= 0.3 is 6.18 Å². The summed E-state index contributed by atoms with van der Waals surface area (Å²) in [6.07, 6.45) is -2.26. The van der Waals surface area contributed by atoms with Crippen LogP contribution < -0.4 is 0 Å². The van der Waals surface area contributed by atoms with Crippen molar-refractivity contribution in [1.29, 1.82) is 0 Å². The highest BCUT2D eigenvalue weighted by Gasteiger charge is 2.52. The van der Waals surface area contributed by atoms with Crippen molar-refractivity contribution in [2.45, 2.75) is 58.5 Å². The largest absolute Gasteiger partial charge is 0.394 e. The predicted octanol–water partition coefficient (Wildman–Crippen LogP) is 6.81. The zero-order valence-electron chi connectivity index (χ0n) is 12.4. The summed E-state index contributed by atoms with van der Waals surface area (Å²) in [5.41, 5.74) is 1.14. The van der Waals surface area contributed by atoms with E-state index < -0.39 is 11.6 Å². The van der Waals surface area contributed by atoms with Crippen LogP contribution in [-0.2, 0) is 0 Å². The minimum Gasteiger partial charge on any atom is -0.171 e. The lowest BCUT2D eigenvalue weighted by molar-refractivity contribution is -0.228. The van der Waals surface area contributed by atoms with Gasteiger partial charge in [0, 0.05) is 14.3 Å². The molecule has 3 rings (SSSR count). The molecule has 0 radical (unpaired) electrons. The monoisotopic (exact) mass is 332 g/mol. The van der Waals surface area contributed by atoms with Crippen LogP contribution in [0.15, 0.2) is 5.38 Å². The number of rotatable bonds is 1. The molecule has 116 valence electrons. The molecular weight excluding hydrogens is 313 g/mol. The van der Waals surface area contributed by atoms with E-state index >= 15 is 0 Å². The van der Waals surface area contributed by atoms with Gasteiger partial charge in [-0.05, 0) is 62.0 Å². The van der Waals surface area contributed by atoms with Crippen molar-refractivity contribution in [2.75, 3.05) is 0 Å². The van der Waals surface area contributed by atoms with Gasteiger partial charge in [-0.3, -0.25) is 0 Å². The average molecular weight is 332 g/mol. The van der Waals surface area contributed by atoms with Gasteiger partial charge in [0.1, 0.15) is 0 Å². The van der Waals surface area contributed by atoms with Crippen molar-refractivity contribution in [3.05, 3.63) is 21.4 Å². The third-order valence-corrected chi connectivity index (χ3v) is 7.50. The van der Waals surface area contributed by atoms with Gasteiger partial charge in [0.25, 0.3) is 0 Å². The minimum absolute atomic E-state index is 0.252. The van der Waals surface area contributed by atoms with E-state index in [4.69, 9.17) is 0 Å². The van der Waals surface area contributed by atoms with Crippen molar-refractivity contribution in [2.24, 2.45) is 5.41 Å². The van der Waals surface area contributed by atoms with Crippen LogP contribution in [0.3, 0.4) is 0 Å². The van der Waals surface area contributed by atoms with Crippen LogP contribution in [0.2, 0.25) is 0 Å². The second kappa shape index (κ2) is 4.98. The molecule has 0 nitrogen and oxygen atoms in total.